The third kappa shape index (κ3) is 3.96. The Bertz CT molecular complexity index is 592. The zero-order chi connectivity index (χ0) is 15.2. The Hall–Kier alpha value is -1.10. The first kappa shape index (κ1) is 16.3. The molecule has 0 aliphatic carbocycles. The Kier molecular flexibility index (Phi) is 6.03. The molecule has 1 aromatic heterocycles. The van der Waals surface area contributed by atoms with E-state index in [1.807, 2.05) is 24.3 Å². The predicted molar refractivity (Wildman–Crippen MR) is 90.1 cm³/mol. The summed E-state index contributed by atoms with van der Waals surface area (Å²) in [5.74, 6) is 0.796. The van der Waals surface area contributed by atoms with Gasteiger partial charge in [0.05, 0.1) is 17.6 Å². The number of benzene rings is 1. The summed E-state index contributed by atoms with van der Waals surface area (Å²) in [4.78, 5) is 4.09. The molecule has 0 aliphatic heterocycles. The number of ether oxygens (including phenoxy) is 1. The lowest BCUT2D eigenvalue weighted by molar-refractivity contribution is 0.401. The summed E-state index contributed by atoms with van der Waals surface area (Å²) in [5, 5.41) is 4.22. The van der Waals surface area contributed by atoms with Crippen LogP contribution in [0, 0.1) is 0 Å². The van der Waals surface area contributed by atoms with Crippen molar-refractivity contribution in [2.75, 3.05) is 13.7 Å². The molecule has 1 N–H and O–H groups in total. The van der Waals surface area contributed by atoms with Crippen molar-refractivity contribution in [1.29, 1.82) is 0 Å². The van der Waals surface area contributed by atoms with Crippen LogP contribution in [0.3, 0.4) is 0 Å². The first-order valence-electron chi connectivity index (χ1n) is 6.83. The Morgan fingerprint density at radius 2 is 2.05 bits per heavy atom. The van der Waals surface area contributed by atoms with Gasteiger partial charge < -0.3 is 10.1 Å². The van der Waals surface area contributed by atoms with E-state index in [0.717, 1.165) is 34.3 Å². The number of halogens is 2. The highest BCUT2D eigenvalue weighted by Crippen LogP contribution is 2.38. The summed E-state index contributed by atoms with van der Waals surface area (Å²) in [6.45, 7) is 3.04. The van der Waals surface area contributed by atoms with Crippen LogP contribution in [-0.4, -0.2) is 18.6 Å². The van der Waals surface area contributed by atoms with Gasteiger partial charge in [-0.2, -0.15) is 0 Å². The maximum Gasteiger partial charge on any atom is 0.138 e. The van der Waals surface area contributed by atoms with Crippen molar-refractivity contribution in [1.82, 2.24) is 10.3 Å². The average molecular weight is 370 g/mol. The fourth-order valence-electron chi connectivity index (χ4n) is 2.26. The van der Waals surface area contributed by atoms with Gasteiger partial charge in [-0.05, 0) is 58.7 Å². The Labute approximate surface area is 138 Å². The number of rotatable bonds is 6. The van der Waals surface area contributed by atoms with Gasteiger partial charge in [0.1, 0.15) is 5.75 Å². The van der Waals surface area contributed by atoms with Crippen molar-refractivity contribution in [2.24, 2.45) is 0 Å². The van der Waals surface area contributed by atoms with Crippen molar-refractivity contribution >= 4 is 27.5 Å². The zero-order valence-electron chi connectivity index (χ0n) is 12.1. The molecule has 112 valence electrons. The van der Waals surface area contributed by atoms with E-state index in [-0.39, 0.29) is 6.04 Å². The number of pyridine rings is 1. The van der Waals surface area contributed by atoms with Crippen molar-refractivity contribution in [3.8, 4) is 5.75 Å². The van der Waals surface area contributed by atoms with E-state index in [2.05, 4.69) is 33.2 Å². The SMILES string of the molecule is CCCNC(c1ccncc1)c1cc(Cl)cc(Br)c1OC. The fraction of sp³-hybridized carbons (Fsp3) is 0.312. The summed E-state index contributed by atoms with van der Waals surface area (Å²) in [6.07, 6.45) is 4.63. The van der Waals surface area contributed by atoms with Gasteiger partial charge in [0.2, 0.25) is 0 Å². The molecule has 0 amide bonds. The average Bonchev–Trinajstić information content (AvgIpc) is 2.48. The van der Waals surface area contributed by atoms with Crippen LogP contribution in [-0.2, 0) is 0 Å². The smallest absolute Gasteiger partial charge is 0.138 e. The first-order valence-corrected chi connectivity index (χ1v) is 8.00. The first-order chi connectivity index (χ1) is 10.2. The van der Waals surface area contributed by atoms with Gasteiger partial charge in [0, 0.05) is 23.0 Å². The summed E-state index contributed by atoms with van der Waals surface area (Å²) >= 11 is 9.74. The zero-order valence-corrected chi connectivity index (χ0v) is 14.4. The minimum Gasteiger partial charge on any atom is -0.495 e. The molecule has 21 heavy (non-hydrogen) atoms. The Morgan fingerprint density at radius 3 is 2.67 bits per heavy atom. The third-order valence-corrected chi connectivity index (χ3v) is 4.00. The van der Waals surface area contributed by atoms with Crippen LogP contribution in [0.25, 0.3) is 0 Å². The molecule has 5 heteroatoms. The Morgan fingerprint density at radius 1 is 1.33 bits per heavy atom. The topological polar surface area (TPSA) is 34.2 Å². The monoisotopic (exact) mass is 368 g/mol. The lowest BCUT2D eigenvalue weighted by Gasteiger charge is -2.22. The minimum absolute atomic E-state index is 0.0119. The van der Waals surface area contributed by atoms with Crippen LogP contribution in [0.15, 0.2) is 41.1 Å². The summed E-state index contributed by atoms with van der Waals surface area (Å²) in [6, 6.07) is 7.80. The maximum atomic E-state index is 6.22. The number of methoxy groups -OCH3 is 1. The molecule has 1 unspecified atom stereocenters. The second-order valence-corrected chi connectivity index (χ2v) is 5.97. The predicted octanol–water partition coefficient (Wildman–Crippen LogP) is 4.60. The molecule has 0 aliphatic rings. The van der Waals surface area contributed by atoms with Gasteiger partial charge >= 0.3 is 0 Å². The molecule has 0 radical (unpaired) electrons. The number of aromatic nitrogens is 1. The van der Waals surface area contributed by atoms with E-state index in [9.17, 15) is 0 Å². The van der Waals surface area contributed by atoms with Crippen LogP contribution < -0.4 is 10.1 Å². The highest BCUT2D eigenvalue weighted by Gasteiger charge is 2.20. The highest BCUT2D eigenvalue weighted by molar-refractivity contribution is 9.10. The van der Waals surface area contributed by atoms with E-state index < -0.39 is 0 Å². The molecular weight excluding hydrogens is 352 g/mol. The molecule has 0 saturated heterocycles. The molecule has 3 nitrogen and oxygen atoms in total. The fourth-order valence-corrected chi connectivity index (χ4v) is 3.26. The van der Waals surface area contributed by atoms with Gasteiger partial charge in [-0.25, -0.2) is 0 Å². The van der Waals surface area contributed by atoms with Crippen molar-refractivity contribution in [3.63, 3.8) is 0 Å². The largest absolute Gasteiger partial charge is 0.495 e. The second-order valence-electron chi connectivity index (χ2n) is 4.68. The molecule has 1 aromatic carbocycles. The molecule has 1 heterocycles. The normalized spacial score (nSPS) is 12.2. The van der Waals surface area contributed by atoms with Crippen LogP contribution >= 0.6 is 27.5 Å². The molecule has 0 bridgehead atoms. The highest BCUT2D eigenvalue weighted by atomic mass is 79.9. The van der Waals surface area contributed by atoms with Crippen molar-refractivity contribution < 1.29 is 4.74 Å². The van der Waals surface area contributed by atoms with Gasteiger partial charge in [-0.1, -0.05) is 18.5 Å². The van der Waals surface area contributed by atoms with Gasteiger partial charge in [0.15, 0.2) is 0 Å². The molecule has 0 fully saturated rings. The third-order valence-electron chi connectivity index (χ3n) is 3.19. The molecule has 1 atom stereocenters. The number of hydrogen-bond donors (Lipinski definition) is 1. The Balaban J connectivity index is 2.51. The number of hydrogen-bond acceptors (Lipinski definition) is 3. The van der Waals surface area contributed by atoms with Gasteiger partial charge in [0.25, 0.3) is 0 Å². The lowest BCUT2D eigenvalue weighted by atomic mass is 9.98. The van der Waals surface area contributed by atoms with Gasteiger partial charge in [-0.15, -0.1) is 0 Å². The van der Waals surface area contributed by atoms with E-state index in [4.69, 9.17) is 16.3 Å². The van der Waals surface area contributed by atoms with E-state index >= 15 is 0 Å². The van der Waals surface area contributed by atoms with Gasteiger partial charge in [-0.3, -0.25) is 4.98 Å². The molecule has 0 saturated carbocycles. The lowest BCUT2D eigenvalue weighted by Crippen LogP contribution is -2.23. The van der Waals surface area contributed by atoms with Crippen LogP contribution in [0.1, 0.15) is 30.5 Å². The standard InChI is InChI=1S/C16H18BrClN2O/c1-3-6-20-15(11-4-7-19-8-5-11)13-9-12(18)10-14(17)16(13)21-2/h4-5,7-10,15,20H,3,6H2,1-2H3. The summed E-state index contributed by atoms with van der Waals surface area (Å²) in [5.41, 5.74) is 2.14. The van der Waals surface area contributed by atoms with Crippen molar-refractivity contribution in [3.05, 3.63) is 57.3 Å². The van der Waals surface area contributed by atoms with Crippen LogP contribution in [0.2, 0.25) is 5.02 Å². The van der Waals surface area contributed by atoms with Crippen LogP contribution in [0.4, 0.5) is 0 Å². The van der Waals surface area contributed by atoms with E-state index in [1.165, 1.54) is 0 Å². The van der Waals surface area contributed by atoms with Crippen LogP contribution in [0.5, 0.6) is 5.75 Å². The molecular formula is C16H18BrClN2O. The maximum absolute atomic E-state index is 6.22. The molecule has 2 aromatic rings. The van der Waals surface area contributed by atoms with E-state index in [1.54, 1.807) is 19.5 Å². The van der Waals surface area contributed by atoms with E-state index in [0.29, 0.717) is 5.02 Å². The minimum atomic E-state index is 0.0119. The number of nitrogens with one attached hydrogen (secondary N) is 1. The van der Waals surface area contributed by atoms with Crippen molar-refractivity contribution in [2.45, 2.75) is 19.4 Å². The summed E-state index contributed by atoms with van der Waals surface area (Å²) in [7, 11) is 1.67. The molecule has 0 spiro atoms. The second kappa shape index (κ2) is 7.78. The quantitative estimate of drug-likeness (QED) is 0.808. The number of nitrogens with zero attached hydrogens (tertiary/aromatic N) is 1. The summed E-state index contributed by atoms with van der Waals surface area (Å²) < 4.78 is 6.40. The molecule has 2 rings (SSSR count).